The Balaban J connectivity index is 1.67. The molecule has 0 aliphatic heterocycles. The van der Waals surface area contributed by atoms with Gasteiger partial charge in [-0.05, 0) is 43.7 Å². The summed E-state index contributed by atoms with van der Waals surface area (Å²) in [6.45, 7) is 4.85. The van der Waals surface area contributed by atoms with Crippen molar-refractivity contribution >= 4 is 11.0 Å². The van der Waals surface area contributed by atoms with Crippen LogP contribution in [0.4, 0.5) is 0 Å². The third-order valence-corrected chi connectivity index (χ3v) is 4.29. The highest BCUT2D eigenvalue weighted by Gasteiger charge is 2.11. The van der Waals surface area contributed by atoms with Gasteiger partial charge >= 0.3 is 0 Å². The molecule has 5 heteroatoms. The van der Waals surface area contributed by atoms with Crippen molar-refractivity contribution in [3.05, 3.63) is 70.9 Å². The van der Waals surface area contributed by atoms with Crippen LogP contribution in [0.15, 0.2) is 48.5 Å². The van der Waals surface area contributed by atoms with Gasteiger partial charge in [-0.2, -0.15) is 10.4 Å². The molecule has 0 spiro atoms. The average Bonchev–Trinajstić information content (AvgIpc) is 3.20. The van der Waals surface area contributed by atoms with Gasteiger partial charge in [0.05, 0.1) is 29.2 Å². The molecular weight excluding hydrogens is 310 g/mol. The number of imidazole rings is 1. The van der Waals surface area contributed by atoms with Crippen molar-refractivity contribution < 1.29 is 0 Å². The minimum Gasteiger partial charge on any atom is -0.337 e. The molecule has 0 saturated heterocycles. The van der Waals surface area contributed by atoms with Gasteiger partial charge in [0, 0.05) is 5.69 Å². The van der Waals surface area contributed by atoms with Crippen LogP contribution in [-0.4, -0.2) is 19.7 Å². The first-order valence-electron chi connectivity index (χ1n) is 8.12. The maximum atomic E-state index is 9.02. The zero-order valence-electron chi connectivity index (χ0n) is 14.1. The number of nitriles is 1. The molecule has 0 aliphatic rings. The van der Waals surface area contributed by atoms with E-state index in [1.807, 2.05) is 29.8 Å². The predicted octanol–water partition coefficient (Wildman–Crippen LogP) is 3.96. The number of hydrogen-bond acceptors (Lipinski definition) is 3. The Morgan fingerprint density at radius 3 is 2.64 bits per heavy atom. The highest BCUT2D eigenvalue weighted by Crippen LogP contribution is 2.21. The lowest BCUT2D eigenvalue weighted by atomic mass is 10.1. The summed E-state index contributed by atoms with van der Waals surface area (Å²) in [6.07, 6.45) is 0. The molecule has 0 fully saturated rings. The van der Waals surface area contributed by atoms with E-state index < -0.39 is 0 Å². The monoisotopic (exact) mass is 327 g/mol. The van der Waals surface area contributed by atoms with Crippen LogP contribution in [-0.2, 0) is 6.54 Å². The van der Waals surface area contributed by atoms with Gasteiger partial charge in [0.15, 0.2) is 5.82 Å². The van der Waals surface area contributed by atoms with Crippen LogP contribution in [0.1, 0.15) is 22.4 Å². The van der Waals surface area contributed by atoms with Gasteiger partial charge in [-0.25, -0.2) is 4.98 Å². The fourth-order valence-electron chi connectivity index (χ4n) is 2.85. The first kappa shape index (κ1) is 15.2. The highest BCUT2D eigenvalue weighted by molar-refractivity contribution is 5.80. The van der Waals surface area contributed by atoms with E-state index in [0.29, 0.717) is 5.56 Å². The maximum Gasteiger partial charge on any atom is 0.159 e. The Morgan fingerprint density at radius 1 is 1.08 bits per heavy atom. The van der Waals surface area contributed by atoms with Gasteiger partial charge in [-0.15, -0.1) is 0 Å². The molecule has 2 heterocycles. The largest absolute Gasteiger partial charge is 0.337 e. The lowest BCUT2D eigenvalue weighted by Gasteiger charge is -2.04. The van der Waals surface area contributed by atoms with Gasteiger partial charge in [0.1, 0.15) is 5.69 Å². The van der Waals surface area contributed by atoms with E-state index in [1.54, 1.807) is 6.07 Å². The number of nitrogens with zero attached hydrogens (tertiary/aromatic N) is 4. The number of rotatable bonds is 3. The minimum absolute atomic E-state index is 0.615. The molecular formula is C20H17N5. The molecule has 1 N–H and O–H groups in total. The number of H-pyrrole nitrogens is 1. The van der Waals surface area contributed by atoms with Crippen LogP contribution in [0.3, 0.4) is 0 Å². The Kier molecular flexibility index (Phi) is 3.58. The number of benzene rings is 2. The third-order valence-electron chi connectivity index (χ3n) is 4.29. The van der Waals surface area contributed by atoms with Crippen molar-refractivity contribution in [3.8, 4) is 17.6 Å². The normalized spacial score (nSPS) is 10.9. The van der Waals surface area contributed by atoms with Crippen molar-refractivity contribution in [1.82, 2.24) is 19.7 Å². The smallest absolute Gasteiger partial charge is 0.159 e. The molecule has 0 atom stereocenters. The minimum atomic E-state index is 0.615. The summed E-state index contributed by atoms with van der Waals surface area (Å²) in [4.78, 5) is 7.85. The van der Waals surface area contributed by atoms with E-state index >= 15 is 0 Å². The molecule has 2 aromatic heterocycles. The second-order valence-electron chi connectivity index (χ2n) is 6.24. The lowest BCUT2D eigenvalue weighted by Crippen LogP contribution is -2.03. The van der Waals surface area contributed by atoms with Gasteiger partial charge < -0.3 is 4.98 Å². The summed E-state index contributed by atoms with van der Waals surface area (Å²) >= 11 is 0. The molecule has 0 bridgehead atoms. The Bertz CT molecular complexity index is 1090. The number of aromatic nitrogens is 4. The van der Waals surface area contributed by atoms with Gasteiger partial charge in [-0.1, -0.05) is 29.8 Å². The number of hydrogen-bond donors (Lipinski definition) is 1. The van der Waals surface area contributed by atoms with Crippen LogP contribution in [0.2, 0.25) is 0 Å². The molecule has 4 rings (SSSR count). The standard InChI is InChI=1S/C20H17N5/c1-13-3-5-15(6-4-13)12-25-14(2)9-19(24-25)20-22-17-8-7-16(11-21)10-18(17)23-20/h3-10H,12H2,1-2H3,(H,22,23). The van der Waals surface area contributed by atoms with E-state index in [0.717, 1.165) is 34.8 Å². The van der Waals surface area contributed by atoms with Gasteiger partial charge in [0.25, 0.3) is 0 Å². The second-order valence-corrected chi connectivity index (χ2v) is 6.24. The summed E-state index contributed by atoms with van der Waals surface area (Å²) in [5.74, 6) is 0.718. The van der Waals surface area contributed by atoms with E-state index in [9.17, 15) is 0 Å². The molecule has 25 heavy (non-hydrogen) atoms. The predicted molar refractivity (Wildman–Crippen MR) is 97.0 cm³/mol. The van der Waals surface area contributed by atoms with Crippen LogP contribution < -0.4 is 0 Å². The number of aromatic amines is 1. The summed E-state index contributed by atoms with van der Waals surface area (Å²) in [5, 5.41) is 13.7. The summed E-state index contributed by atoms with van der Waals surface area (Å²) in [6, 6.07) is 18.1. The van der Waals surface area contributed by atoms with Gasteiger partial charge in [-0.3, -0.25) is 4.68 Å². The first-order valence-corrected chi connectivity index (χ1v) is 8.12. The summed E-state index contributed by atoms with van der Waals surface area (Å²) < 4.78 is 1.98. The summed E-state index contributed by atoms with van der Waals surface area (Å²) in [7, 11) is 0. The summed E-state index contributed by atoms with van der Waals surface area (Å²) in [5.41, 5.74) is 6.64. The van der Waals surface area contributed by atoms with Crippen LogP contribution >= 0.6 is 0 Å². The quantitative estimate of drug-likeness (QED) is 0.619. The lowest BCUT2D eigenvalue weighted by molar-refractivity contribution is 0.666. The third kappa shape index (κ3) is 2.90. The molecule has 4 aromatic rings. The van der Waals surface area contributed by atoms with Crippen molar-refractivity contribution in [1.29, 1.82) is 5.26 Å². The Labute approximate surface area is 145 Å². The highest BCUT2D eigenvalue weighted by atomic mass is 15.3. The topological polar surface area (TPSA) is 70.3 Å². The Morgan fingerprint density at radius 2 is 1.88 bits per heavy atom. The van der Waals surface area contributed by atoms with Crippen LogP contribution in [0.25, 0.3) is 22.6 Å². The first-order chi connectivity index (χ1) is 12.1. The maximum absolute atomic E-state index is 9.02. The van der Waals surface area contributed by atoms with E-state index in [2.05, 4.69) is 47.2 Å². The van der Waals surface area contributed by atoms with Crippen molar-refractivity contribution in [2.24, 2.45) is 0 Å². The molecule has 0 amide bonds. The molecule has 5 nitrogen and oxygen atoms in total. The van der Waals surface area contributed by atoms with Crippen LogP contribution in [0, 0.1) is 25.2 Å². The average molecular weight is 327 g/mol. The zero-order valence-corrected chi connectivity index (χ0v) is 14.1. The number of aryl methyl sites for hydroxylation is 2. The van der Waals surface area contributed by atoms with Crippen molar-refractivity contribution in [2.75, 3.05) is 0 Å². The molecule has 0 unspecified atom stereocenters. The van der Waals surface area contributed by atoms with E-state index in [4.69, 9.17) is 10.4 Å². The molecule has 2 aromatic carbocycles. The van der Waals surface area contributed by atoms with Gasteiger partial charge in [0.2, 0.25) is 0 Å². The van der Waals surface area contributed by atoms with Crippen LogP contribution in [0.5, 0.6) is 0 Å². The van der Waals surface area contributed by atoms with E-state index in [-0.39, 0.29) is 0 Å². The molecule has 0 saturated carbocycles. The number of fused-ring (bicyclic) bond motifs is 1. The fraction of sp³-hybridized carbons (Fsp3) is 0.150. The molecule has 0 aliphatic carbocycles. The van der Waals surface area contributed by atoms with E-state index in [1.165, 1.54) is 11.1 Å². The van der Waals surface area contributed by atoms with Crippen molar-refractivity contribution in [2.45, 2.75) is 20.4 Å². The Hall–Kier alpha value is -3.39. The second kappa shape index (κ2) is 5.91. The molecule has 122 valence electrons. The fourth-order valence-corrected chi connectivity index (χ4v) is 2.85. The molecule has 0 radical (unpaired) electrons. The zero-order chi connectivity index (χ0) is 17.4. The van der Waals surface area contributed by atoms with Crippen molar-refractivity contribution in [3.63, 3.8) is 0 Å². The number of nitrogens with one attached hydrogen (secondary N) is 1. The SMILES string of the molecule is Cc1ccc(Cn2nc(-c3nc4ccc(C#N)cc4[nH]3)cc2C)cc1.